The Balaban J connectivity index is 1.54. The van der Waals surface area contributed by atoms with Crippen molar-refractivity contribution >= 4 is 28.3 Å². The molecule has 0 radical (unpaired) electrons. The number of esters is 1. The highest BCUT2D eigenvalue weighted by Crippen LogP contribution is 2.39. The van der Waals surface area contributed by atoms with E-state index in [0.29, 0.717) is 30.3 Å². The van der Waals surface area contributed by atoms with Crippen LogP contribution >= 0.6 is 11.3 Å². The Kier molecular flexibility index (Phi) is 6.88. The largest absolute Gasteiger partial charge is 0.493 e. The highest BCUT2D eigenvalue weighted by atomic mass is 32.1. The highest BCUT2D eigenvalue weighted by molar-refractivity contribution is 7.14. The molecule has 0 saturated heterocycles. The van der Waals surface area contributed by atoms with Crippen LogP contribution in [0.15, 0.2) is 58.7 Å². The van der Waals surface area contributed by atoms with Crippen molar-refractivity contribution in [2.24, 2.45) is 0 Å². The van der Waals surface area contributed by atoms with Crippen LogP contribution < -0.4 is 20.5 Å². The molecule has 0 aliphatic carbocycles. The maximum Gasteiger partial charge on any atom is 0.357 e. The van der Waals surface area contributed by atoms with Crippen LogP contribution in [0.4, 0.5) is 5.13 Å². The smallest absolute Gasteiger partial charge is 0.357 e. The normalized spacial score (nSPS) is 13.9. The number of ether oxygens (including phenoxy) is 3. The number of methoxy groups -OCH3 is 1. The fourth-order valence-corrected chi connectivity index (χ4v) is 5.00. The van der Waals surface area contributed by atoms with Crippen LogP contribution in [-0.2, 0) is 9.53 Å². The lowest BCUT2D eigenvalue weighted by Gasteiger charge is -2.24. The minimum atomic E-state index is -1.17. The predicted molar refractivity (Wildman–Crippen MR) is 139 cm³/mol. The van der Waals surface area contributed by atoms with Crippen LogP contribution in [0.25, 0.3) is 11.3 Å². The zero-order chi connectivity index (χ0) is 26.8. The van der Waals surface area contributed by atoms with Gasteiger partial charge in [0.15, 0.2) is 22.3 Å². The minimum absolute atomic E-state index is 0.0445. The lowest BCUT2D eigenvalue weighted by atomic mass is 9.92. The van der Waals surface area contributed by atoms with Crippen molar-refractivity contribution in [2.45, 2.75) is 18.9 Å². The Morgan fingerprint density at radius 2 is 1.89 bits per heavy atom. The molecule has 0 fully saturated rings. The Labute approximate surface area is 220 Å². The van der Waals surface area contributed by atoms with E-state index in [1.165, 1.54) is 12.5 Å². The summed E-state index contributed by atoms with van der Waals surface area (Å²) in [5.41, 5.74) is 0.757. The van der Waals surface area contributed by atoms with E-state index in [2.05, 4.69) is 20.0 Å². The number of aromatic hydroxyl groups is 1. The molecule has 0 spiro atoms. The molecule has 2 aromatic carbocycles. The number of anilines is 1. The van der Waals surface area contributed by atoms with Crippen LogP contribution in [0, 0.1) is 0 Å². The number of benzene rings is 2. The summed E-state index contributed by atoms with van der Waals surface area (Å²) in [6.07, 6.45) is 0. The fourth-order valence-electron chi connectivity index (χ4n) is 4.31. The highest BCUT2D eigenvalue weighted by Gasteiger charge is 2.34. The number of amides is 1. The van der Waals surface area contributed by atoms with Crippen molar-refractivity contribution in [1.29, 1.82) is 0 Å². The summed E-state index contributed by atoms with van der Waals surface area (Å²) in [5.74, 6) is -1.14. The summed E-state index contributed by atoms with van der Waals surface area (Å²) < 4.78 is 16.9. The third kappa shape index (κ3) is 4.73. The maximum atomic E-state index is 13.6. The van der Waals surface area contributed by atoms with Gasteiger partial charge >= 0.3 is 11.7 Å². The number of aromatic nitrogens is 3. The first-order valence-corrected chi connectivity index (χ1v) is 12.6. The molecular weight excluding hydrogens is 512 g/mol. The SMILES string of the molecule is COC(=O)c1csc(NC(=O)[C@H]([C@H](C)c2ccccc2)n2c(O)c(-c3ccc4c(c3)OCCO4)[nH]c2=O)n1. The van der Waals surface area contributed by atoms with E-state index in [-0.39, 0.29) is 16.5 Å². The van der Waals surface area contributed by atoms with E-state index < -0.39 is 35.4 Å². The number of H-pyrrole nitrogens is 1. The number of carbonyl (C=O) groups is 2. The molecule has 2 aromatic heterocycles. The van der Waals surface area contributed by atoms with Gasteiger partial charge in [-0.25, -0.2) is 19.1 Å². The van der Waals surface area contributed by atoms with Gasteiger partial charge in [0.05, 0.1) is 7.11 Å². The maximum absolute atomic E-state index is 13.6. The van der Waals surface area contributed by atoms with Crippen LogP contribution in [0.3, 0.4) is 0 Å². The molecule has 0 bridgehead atoms. The van der Waals surface area contributed by atoms with Crippen molar-refractivity contribution in [3.8, 4) is 28.6 Å². The first-order valence-electron chi connectivity index (χ1n) is 11.7. The van der Waals surface area contributed by atoms with Crippen molar-refractivity contribution < 1.29 is 28.9 Å². The molecule has 11 nitrogen and oxygen atoms in total. The molecule has 38 heavy (non-hydrogen) atoms. The molecule has 4 aromatic rings. The first-order chi connectivity index (χ1) is 18.4. The predicted octanol–water partition coefficient (Wildman–Crippen LogP) is 3.55. The van der Waals surface area contributed by atoms with Gasteiger partial charge in [-0.1, -0.05) is 37.3 Å². The molecule has 3 N–H and O–H groups in total. The quantitative estimate of drug-likeness (QED) is 0.304. The van der Waals surface area contributed by atoms with E-state index in [4.69, 9.17) is 9.47 Å². The molecule has 1 aliphatic rings. The number of aromatic amines is 1. The first kappa shape index (κ1) is 25.1. The van der Waals surface area contributed by atoms with Gasteiger partial charge in [-0.2, -0.15) is 0 Å². The second-order valence-corrected chi connectivity index (χ2v) is 9.38. The summed E-state index contributed by atoms with van der Waals surface area (Å²) in [7, 11) is 1.23. The number of thiazole rings is 1. The fraction of sp³-hybridized carbons (Fsp3) is 0.231. The molecule has 3 heterocycles. The Morgan fingerprint density at radius 3 is 2.63 bits per heavy atom. The number of hydrogen-bond acceptors (Lipinski definition) is 9. The number of nitrogens with one attached hydrogen (secondary N) is 2. The Morgan fingerprint density at radius 1 is 1.16 bits per heavy atom. The van der Waals surface area contributed by atoms with Crippen molar-refractivity contribution in [3.63, 3.8) is 0 Å². The van der Waals surface area contributed by atoms with Gasteiger partial charge in [-0.05, 0) is 23.8 Å². The summed E-state index contributed by atoms with van der Waals surface area (Å²) in [6, 6.07) is 13.0. The van der Waals surface area contributed by atoms with Gasteiger partial charge < -0.3 is 29.6 Å². The number of carbonyl (C=O) groups excluding carboxylic acids is 2. The minimum Gasteiger partial charge on any atom is -0.493 e. The summed E-state index contributed by atoms with van der Waals surface area (Å²) in [5, 5.41) is 15.5. The Hall–Kier alpha value is -4.58. The van der Waals surface area contributed by atoms with Crippen LogP contribution in [0.1, 0.15) is 34.9 Å². The number of rotatable bonds is 7. The monoisotopic (exact) mass is 536 g/mol. The van der Waals surface area contributed by atoms with Gasteiger partial charge in [-0.15, -0.1) is 11.3 Å². The number of hydrogen-bond donors (Lipinski definition) is 3. The lowest BCUT2D eigenvalue weighted by molar-refractivity contribution is -0.120. The second kappa shape index (κ2) is 10.4. The summed E-state index contributed by atoms with van der Waals surface area (Å²) in [4.78, 5) is 45.4. The van der Waals surface area contributed by atoms with E-state index >= 15 is 0 Å². The van der Waals surface area contributed by atoms with E-state index in [1.807, 2.05) is 30.3 Å². The van der Waals surface area contributed by atoms with E-state index in [0.717, 1.165) is 21.5 Å². The third-order valence-electron chi connectivity index (χ3n) is 6.21. The van der Waals surface area contributed by atoms with Gasteiger partial charge in [0.25, 0.3) is 0 Å². The molecule has 0 unspecified atom stereocenters. The zero-order valence-electron chi connectivity index (χ0n) is 20.5. The molecule has 2 atom stereocenters. The molecule has 1 aliphatic heterocycles. The standard InChI is InChI=1S/C26H24N4O7S/c1-14(15-6-4-3-5-7-15)21(22(31)29-25-27-17(13-38-25)24(33)35-2)30-23(32)20(28-26(30)34)16-8-9-18-19(12-16)37-11-10-36-18/h3-9,12-14,21,32H,10-11H2,1-2H3,(H,28,34)(H,27,29,31)/t14-,21+/m1/s1. The molecule has 12 heteroatoms. The van der Waals surface area contributed by atoms with Crippen molar-refractivity contribution in [2.75, 3.05) is 25.6 Å². The summed E-state index contributed by atoms with van der Waals surface area (Å²) >= 11 is 1.04. The molecule has 0 saturated carbocycles. The van der Waals surface area contributed by atoms with Crippen LogP contribution in [0.5, 0.6) is 17.4 Å². The van der Waals surface area contributed by atoms with Gasteiger partial charge in [0.1, 0.15) is 24.9 Å². The molecule has 5 rings (SSSR count). The lowest BCUT2D eigenvalue weighted by Crippen LogP contribution is -2.35. The van der Waals surface area contributed by atoms with E-state index in [9.17, 15) is 19.5 Å². The molecule has 1 amide bonds. The topological polar surface area (TPSA) is 145 Å². The third-order valence-corrected chi connectivity index (χ3v) is 6.97. The number of fused-ring (bicyclic) bond motifs is 1. The average molecular weight is 537 g/mol. The zero-order valence-corrected chi connectivity index (χ0v) is 21.3. The van der Waals surface area contributed by atoms with Crippen LogP contribution in [-0.4, -0.2) is 51.8 Å². The average Bonchev–Trinajstić information content (AvgIpc) is 3.52. The van der Waals surface area contributed by atoms with Gasteiger partial charge in [0, 0.05) is 16.9 Å². The molecular formula is C26H24N4O7S. The van der Waals surface area contributed by atoms with Crippen molar-refractivity contribution in [3.05, 3.63) is 75.7 Å². The van der Waals surface area contributed by atoms with Crippen LogP contribution in [0.2, 0.25) is 0 Å². The van der Waals surface area contributed by atoms with Gasteiger partial charge in [-0.3, -0.25) is 4.79 Å². The molecule has 196 valence electrons. The second-order valence-electron chi connectivity index (χ2n) is 8.52. The van der Waals surface area contributed by atoms with Gasteiger partial charge in [0.2, 0.25) is 11.8 Å². The van der Waals surface area contributed by atoms with Crippen molar-refractivity contribution in [1.82, 2.24) is 14.5 Å². The summed E-state index contributed by atoms with van der Waals surface area (Å²) in [6.45, 7) is 2.59. The van der Waals surface area contributed by atoms with E-state index in [1.54, 1.807) is 25.1 Å². The number of imidazole rings is 1. The number of nitrogens with zero attached hydrogens (tertiary/aromatic N) is 2. The Bertz CT molecular complexity index is 1540.